The van der Waals surface area contributed by atoms with E-state index in [9.17, 15) is 4.79 Å². The molecule has 1 fully saturated rings. The van der Waals surface area contributed by atoms with Crippen molar-refractivity contribution in [1.82, 2.24) is 5.32 Å². The molecule has 96 valence electrons. The summed E-state index contributed by atoms with van der Waals surface area (Å²) in [5.41, 5.74) is 0.904. The van der Waals surface area contributed by atoms with E-state index in [-0.39, 0.29) is 18.2 Å². The number of hydrogen-bond acceptors (Lipinski definition) is 4. The summed E-state index contributed by atoms with van der Waals surface area (Å²) in [6, 6.07) is 5.56. The monoisotopic (exact) mass is 249 g/mol. The number of nitrogens with one attached hydrogen (secondary N) is 1. The van der Waals surface area contributed by atoms with Crippen molar-refractivity contribution in [3.63, 3.8) is 0 Å². The molecule has 2 unspecified atom stereocenters. The minimum Gasteiger partial charge on any atom is -0.449 e. The van der Waals surface area contributed by atoms with Crippen molar-refractivity contribution in [3.05, 3.63) is 23.8 Å². The Labute approximate surface area is 105 Å². The maximum Gasteiger partial charge on any atom is 0.408 e. The van der Waals surface area contributed by atoms with Gasteiger partial charge in [0.15, 0.2) is 11.5 Å². The Bertz CT molecular complexity index is 512. The van der Waals surface area contributed by atoms with E-state index in [0.29, 0.717) is 11.5 Å². The number of amides is 1. The van der Waals surface area contributed by atoms with Crippen molar-refractivity contribution in [2.75, 3.05) is 0 Å². The predicted octanol–water partition coefficient (Wildman–Crippen LogP) is 2.36. The number of carbonyl (C=O) groups is 1. The Morgan fingerprint density at radius 3 is 2.61 bits per heavy atom. The van der Waals surface area contributed by atoms with Gasteiger partial charge in [-0.15, -0.1) is 0 Å². The molecule has 0 spiro atoms. The average molecular weight is 249 g/mol. The molecule has 5 heteroatoms. The molecule has 1 aromatic carbocycles. The lowest BCUT2D eigenvalue weighted by Gasteiger charge is -2.16. The van der Waals surface area contributed by atoms with Crippen LogP contribution >= 0.6 is 0 Å². The molecule has 5 nitrogen and oxygen atoms in total. The maximum atomic E-state index is 11.2. The van der Waals surface area contributed by atoms with E-state index in [1.165, 1.54) is 0 Å². The van der Waals surface area contributed by atoms with Crippen molar-refractivity contribution < 1.29 is 19.0 Å². The lowest BCUT2D eigenvalue weighted by molar-refractivity contribution is -0.0432. The third-order valence-electron chi connectivity index (χ3n) is 3.04. The molecule has 1 N–H and O–H groups in total. The van der Waals surface area contributed by atoms with Crippen molar-refractivity contribution in [2.45, 2.75) is 38.7 Å². The number of alkyl carbamates (subject to hydrolysis) is 1. The number of rotatable bonds is 1. The minimum absolute atomic E-state index is 0.0501. The summed E-state index contributed by atoms with van der Waals surface area (Å²) in [6.45, 7) is 5.61. The molecule has 0 bridgehead atoms. The van der Waals surface area contributed by atoms with Gasteiger partial charge in [0, 0.05) is 13.8 Å². The SMILES string of the molecule is CC1NC(=O)OC1c1ccc2c(c1)OC(C)(C)O2. The molecule has 1 saturated heterocycles. The number of ether oxygens (including phenoxy) is 3. The van der Waals surface area contributed by atoms with Crippen LogP contribution in [0.3, 0.4) is 0 Å². The quantitative estimate of drug-likeness (QED) is 0.830. The molecule has 0 aliphatic carbocycles. The zero-order chi connectivity index (χ0) is 12.9. The van der Waals surface area contributed by atoms with Gasteiger partial charge in [-0.2, -0.15) is 0 Å². The van der Waals surface area contributed by atoms with Gasteiger partial charge in [-0.1, -0.05) is 6.07 Å². The highest BCUT2D eigenvalue weighted by Gasteiger charge is 2.35. The number of carbonyl (C=O) groups excluding carboxylic acids is 1. The molecule has 3 rings (SSSR count). The van der Waals surface area contributed by atoms with Crippen molar-refractivity contribution in [2.24, 2.45) is 0 Å². The van der Waals surface area contributed by atoms with E-state index in [0.717, 1.165) is 5.56 Å². The fourth-order valence-corrected chi connectivity index (χ4v) is 2.29. The van der Waals surface area contributed by atoms with Gasteiger partial charge in [0.25, 0.3) is 0 Å². The molecular weight excluding hydrogens is 234 g/mol. The first-order valence-corrected chi connectivity index (χ1v) is 5.94. The summed E-state index contributed by atoms with van der Waals surface area (Å²) < 4.78 is 16.5. The normalized spacial score (nSPS) is 27.8. The van der Waals surface area contributed by atoms with Crippen LogP contribution in [0.2, 0.25) is 0 Å². The van der Waals surface area contributed by atoms with Gasteiger partial charge in [0.05, 0.1) is 6.04 Å². The molecule has 1 aromatic rings. The fraction of sp³-hybridized carbons (Fsp3) is 0.462. The highest BCUT2D eigenvalue weighted by molar-refractivity contribution is 5.70. The highest BCUT2D eigenvalue weighted by atomic mass is 16.7. The van der Waals surface area contributed by atoms with Crippen LogP contribution in [0.1, 0.15) is 32.4 Å². The van der Waals surface area contributed by atoms with Crippen molar-refractivity contribution in [1.29, 1.82) is 0 Å². The number of cyclic esters (lactones) is 1. The Balaban J connectivity index is 1.91. The topological polar surface area (TPSA) is 56.8 Å². The van der Waals surface area contributed by atoms with Crippen LogP contribution in [0.5, 0.6) is 11.5 Å². The van der Waals surface area contributed by atoms with Gasteiger partial charge in [0.2, 0.25) is 5.79 Å². The Kier molecular flexibility index (Phi) is 2.20. The van der Waals surface area contributed by atoms with Crippen LogP contribution in [0.25, 0.3) is 0 Å². The summed E-state index contributed by atoms with van der Waals surface area (Å²) in [5, 5.41) is 2.72. The van der Waals surface area contributed by atoms with E-state index in [4.69, 9.17) is 14.2 Å². The fourth-order valence-electron chi connectivity index (χ4n) is 2.29. The number of benzene rings is 1. The average Bonchev–Trinajstić information content (AvgIpc) is 2.74. The molecule has 2 atom stereocenters. The number of fused-ring (bicyclic) bond motifs is 1. The molecule has 2 heterocycles. The van der Waals surface area contributed by atoms with E-state index in [1.807, 2.05) is 39.0 Å². The zero-order valence-corrected chi connectivity index (χ0v) is 10.5. The van der Waals surface area contributed by atoms with Crippen LogP contribution < -0.4 is 14.8 Å². The Hall–Kier alpha value is -1.91. The zero-order valence-electron chi connectivity index (χ0n) is 10.5. The lowest BCUT2D eigenvalue weighted by atomic mass is 10.0. The molecule has 0 radical (unpaired) electrons. The standard InChI is InChI=1S/C13H15NO4/c1-7-11(16-12(15)14-7)8-4-5-9-10(6-8)18-13(2,3)17-9/h4-7,11H,1-3H3,(H,14,15). The molecule has 2 aliphatic rings. The third kappa shape index (κ3) is 1.75. The van der Waals surface area contributed by atoms with Gasteiger partial charge < -0.3 is 19.5 Å². The van der Waals surface area contributed by atoms with Crippen LogP contribution in [-0.2, 0) is 4.74 Å². The van der Waals surface area contributed by atoms with Crippen molar-refractivity contribution >= 4 is 6.09 Å². The summed E-state index contributed by atoms with van der Waals surface area (Å²) in [5.74, 6) is 0.762. The van der Waals surface area contributed by atoms with Crippen molar-refractivity contribution in [3.8, 4) is 11.5 Å². The van der Waals surface area contributed by atoms with Crippen LogP contribution in [0.4, 0.5) is 4.79 Å². The summed E-state index contributed by atoms with van der Waals surface area (Å²) in [4.78, 5) is 11.2. The first-order valence-electron chi connectivity index (χ1n) is 5.94. The lowest BCUT2D eigenvalue weighted by Crippen LogP contribution is -2.29. The van der Waals surface area contributed by atoms with Gasteiger partial charge in [-0.25, -0.2) is 4.79 Å². The maximum absolute atomic E-state index is 11.2. The molecule has 2 aliphatic heterocycles. The minimum atomic E-state index is -0.642. The third-order valence-corrected chi connectivity index (χ3v) is 3.04. The van der Waals surface area contributed by atoms with Crippen LogP contribution in [0.15, 0.2) is 18.2 Å². The molecule has 1 amide bonds. The van der Waals surface area contributed by atoms with Gasteiger partial charge in [-0.3, -0.25) is 0 Å². The summed E-state index contributed by atoms with van der Waals surface area (Å²) >= 11 is 0. The van der Waals surface area contributed by atoms with Gasteiger partial charge in [0.1, 0.15) is 6.10 Å². The molecule has 18 heavy (non-hydrogen) atoms. The van der Waals surface area contributed by atoms with E-state index >= 15 is 0 Å². The van der Waals surface area contributed by atoms with E-state index in [2.05, 4.69) is 5.32 Å². The second-order valence-corrected chi connectivity index (χ2v) is 5.07. The first kappa shape index (κ1) is 11.2. The second kappa shape index (κ2) is 3.54. The largest absolute Gasteiger partial charge is 0.449 e. The number of hydrogen-bond donors (Lipinski definition) is 1. The Morgan fingerprint density at radius 2 is 1.94 bits per heavy atom. The summed E-state index contributed by atoms with van der Waals surface area (Å²) in [7, 11) is 0. The van der Waals surface area contributed by atoms with Gasteiger partial charge >= 0.3 is 6.09 Å². The van der Waals surface area contributed by atoms with Crippen LogP contribution in [0, 0.1) is 0 Å². The van der Waals surface area contributed by atoms with E-state index in [1.54, 1.807) is 0 Å². The van der Waals surface area contributed by atoms with E-state index < -0.39 is 5.79 Å². The summed E-state index contributed by atoms with van der Waals surface area (Å²) in [6.07, 6.45) is -0.666. The Morgan fingerprint density at radius 1 is 1.22 bits per heavy atom. The molecule has 0 aromatic heterocycles. The first-order chi connectivity index (χ1) is 8.44. The smallest absolute Gasteiger partial charge is 0.408 e. The predicted molar refractivity (Wildman–Crippen MR) is 63.6 cm³/mol. The second-order valence-electron chi connectivity index (χ2n) is 5.07. The molecule has 0 saturated carbocycles. The van der Waals surface area contributed by atoms with Crippen LogP contribution in [-0.4, -0.2) is 17.9 Å². The highest BCUT2D eigenvalue weighted by Crippen LogP contribution is 2.41. The molecular formula is C13H15NO4. The van der Waals surface area contributed by atoms with Gasteiger partial charge in [-0.05, 0) is 24.6 Å².